The van der Waals surface area contributed by atoms with Crippen LogP contribution in [0.1, 0.15) is 12.0 Å². The highest BCUT2D eigenvalue weighted by Gasteiger charge is 2.42. The molecule has 0 spiro atoms. The number of fused-ring (bicyclic) bond motifs is 2. The summed E-state index contributed by atoms with van der Waals surface area (Å²) in [5.41, 5.74) is 7.11. The molecule has 2 saturated heterocycles. The van der Waals surface area contributed by atoms with E-state index in [0.29, 0.717) is 13.2 Å². The van der Waals surface area contributed by atoms with E-state index in [1.807, 2.05) is 18.2 Å². The lowest BCUT2D eigenvalue weighted by atomic mass is 10.0. The number of hydrogen-bond acceptors (Lipinski definition) is 4. The standard InChI is InChI=1S/C13H17NO3.ClH/c14-10-6-11(12-8-16-13(10)17-12)15-7-9-4-2-1-3-5-9;/h1-5,10-13H,6-8,14H2;1H/t10-,11+,12-,13-;/m1./s1. The molecule has 1 aromatic rings. The first-order chi connectivity index (χ1) is 8.33. The van der Waals surface area contributed by atoms with E-state index in [-0.39, 0.29) is 36.9 Å². The van der Waals surface area contributed by atoms with Gasteiger partial charge in [-0.1, -0.05) is 30.3 Å². The van der Waals surface area contributed by atoms with Crippen LogP contribution in [0.2, 0.25) is 0 Å². The molecule has 0 aromatic heterocycles. The summed E-state index contributed by atoms with van der Waals surface area (Å²) in [5, 5.41) is 0. The summed E-state index contributed by atoms with van der Waals surface area (Å²) in [6.07, 6.45) is 0.673. The minimum atomic E-state index is -0.225. The van der Waals surface area contributed by atoms with Crippen LogP contribution in [0.15, 0.2) is 30.3 Å². The minimum Gasteiger partial charge on any atom is -0.371 e. The summed E-state index contributed by atoms with van der Waals surface area (Å²) in [6, 6.07) is 10.1. The minimum absolute atomic E-state index is 0. The SMILES string of the molecule is Cl.N[C@@H]1C[C@H](OCc2ccccc2)[C@H]2CO[C@@H]1O2. The third-order valence-electron chi connectivity index (χ3n) is 3.31. The Kier molecular flexibility index (Phi) is 4.59. The number of ether oxygens (including phenoxy) is 3. The van der Waals surface area contributed by atoms with Gasteiger partial charge in [-0.05, 0) is 12.0 Å². The van der Waals surface area contributed by atoms with E-state index in [4.69, 9.17) is 19.9 Å². The van der Waals surface area contributed by atoms with Crippen molar-refractivity contribution in [1.29, 1.82) is 0 Å². The van der Waals surface area contributed by atoms with Crippen molar-refractivity contribution in [2.45, 2.75) is 37.6 Å². The first-order valence-electron chi connectivity index (χ1n) is 6.01. The Labute approximate surface area is 113 Å². The molecule has 0 amide bonds. The van der Waals surface area contributed by atoms with Gasteiger partial charge in [-0.2, -0.15) is 0 Å². The molecule has 0 unspecified atom stereocenters. The Morgan fingerprint density at radius 2 is 2.06 bits per heavy atom. The van der Waals surface area contributed by atoms with Crippen LogP contribution in [0.25, 0.3) is 0 Å². The fraction of sp³-hybridized carbons (Fsp3) is 0.538. The lowest BCUT2D eigenvalue weighted by Gasteiger charge is -2.31. The second-order valence-electron chi connectivity index (χ2n) is 4.61. The molecular formula is C13H18ClNO3. The molecule has 2 fully saturated rings. The summed E-state index contributed by atoms with van der Waals surface area (Å²) >= 11 is 0. The van der Waals surface area contributed by atoms with Crippen molar-refractivity contribution < 1.29 is 14.2 Å². The largest absolute Gasteiger partial charge is 0.371 e. The van der Waals surface area contributed by atoms with Crippen LogP contribution in [0.3, 0.4) is 0 Å². The van der Waals surface area contributed by atoms with Crippen molar-refractivity contribution in [3.8, 4) is 0 Å². The summed E-state index contributed by atoms with van der Waals surface area (Å²) in [6.45, 7) is 1.20. The van der Waals surface area contributed by atoms with E-state index in [1.165, 1.54) is 5.56 Å². The van der Waals surface area contributed by atoms with Gasteiger partial charge in [0.25, 0.3) is 0 Å². The molecule has 1 aromatic carbocycles. The van der Waals surface area contributed by atoms with E-state index in [9.17, 15) is 0 Å². The zero-order valence-corrected chi connectivity index (χ0v) is 10.8. The fourth-order valence-corrected chi connectivity index (χ4v) is 2.34. The molecule has 0 radical (unpaired) electrons. The Balaban J connectivity index is 0.00000120. The molecule has 0 aliphatic carbocycles. The number of benzene rings is 1. The maximum Gasteiger partial charge on any atom is 0.173 e. The maximum atomic E-state index is 5.95. The Morgan fingerprint density at radius 3 is 2.83 bits per heavy atom. The van der Waals surface area contributed by atoms with E-state index in [1.54, 1.807) is 0 Å². The van der Waals surface area contributed by atoms with Crippen LogP contribution in [-0.4, -0.2) is 31.1 Å². The van der Waals surface area contributed by atoms with Gasteiger partial charge in [0.05, 0.1) is 25.4 Å². The zero-order chi connectivity index (χ0) is 11.7. The van der Waals surface area contributed by atoms with Crippen LogP contribution < -0.4 is 5.73 Å². The second kappa shape index (κ2) is 5.99. The van der Waals surface area contributed by atoms with Crippen LogP contribution >= 0.6 is 12.4 Å². The van der Waals surface area contributed by atoms with Crippen molar-refractivity contribution in [2.24, 2.45) is 5.73 Å². The summed E-state index contributed by atoms with van der Waals surface area (Å²) in [4.78, 5) is 0. The van der Waals surface area contributed by atoms with Gasteiger partial charge in [0.15, 0.2) is 6.29 Å². The van der Waals surface area contributed by atoms with Gasteiger partial charge in [-0.25, -0.2) is 0 Å². The second-order valence-corrected chi connectivity index (χ2v) is 4.61. The molecule has 5 heteroatoms. The average Bonchev–Trinajstić information content (AvgIpc) is 2.80. The molecular weight excluding hydrogens is 254 g/mol. The molecule has 3 rings (SSSR count). The monoisotopic (exact) mass is 271 g/mol. The number of nitrogens with two attached hydrogens (primary N) is 1. The van der Waals surface area contributed by atoms with E-state index in [2.05, 4.69) is 12.1 Å². The van der Waals surface area contributed by atoms with Crippen molar-refractivity contribution in [3.63, 3.8) is 0 Å². The predicted octanol–water partition coefficient (Wildman–Crippen LogP) is 1.47. The Morgan fingerprint density at radius 1 is 1.28 bits per heavy atom. The van der Waals surface area contributed by atoms with Gasteiger partial charge in [0, 0.05) is 0 Å². The first kappa shape index (κ1) is 13.8. The Hall–Kier alpha value is -0.650. The summed E-state index contributed by atoms with van der Waals surface area (Å²) < 4.78 is 17.0. The lowest BCUT2D eigenvalue weighted by Crippen LogP contribution is -2.47. The third kappa shape index (κ3) is 2.84. The quantitative estimate of drug-likeness (QED) is 0.904. The van der Waals surface area contributed by atoms with E-state index >= 15 is 0 Å². The highest BCUT2D eigenvalue weighted by Crippen LogP contribution is 2.28. The first-order valence-corrected chi connectivity index (χ1v) is 6.01. The van der Waals surface area contributed by atoms with Gasteiger partial charge in [-0.3, -0.25) is 0 Å². The highest BCUT2D eigenvalue weighted by atomic mass is 35.5. The van der Waals surface area contributed by atoms with Crippen LogP contribution in [-0.2, 0) is 20.8 Å². The van der Waals surface area contributed by atoms with E-state index < -0.39 is 0 Å². The van der Waals surface area contributed by atoms with E-state index in [0.717, 1.165) is 6.42 Å². The molecule has 2 N–H and O–H groups in total. The van der Waals surface area contributed by atoms with Gasteiger partial charge >= 0.3 is 0 Å². The molecule has 2 bridgehead atoms. The lowest BCUT2D eigenvalue weighted by molar-refractivity contribution is -0.148. The molecule has 2 heterocycles. The van der Waals surface area contributed by atoms with Gasteiger partial charge in [0.2, 0.25) is 0 Å². The van der Waals surface area contributed by atoms with Crippen LogP contribution in [0, 0.1) is 0 Å². The average molecular weight is 272 g/mol. The van der Waals surface area contributed by atoms with Crippen LogP contribution in [0.5, 0.6) is 0 Å². The summed E-state index contributed by atoms with van der Waals surface area (Å²) in [7, 11) is 0. The highest BCUT2D eigenvalue weighted by molar-refractivity contribution is 5.85. The van der Waals surface area contributed by atoms with Gasteiger partial charge < -0.3 is 19.9 Å². The molecule has 0 saturated carbocycles. The zero-order valence-electron chi connectivity index (χ0n) is 10.0. The predicted molar refractivity (Wildman–Crippen MR) is 69.5 cm³/mol. The molecule has 100 valence electrons. The van der Waals surface area contributed by atoms with Crippen LogP contribution in [0.4, 0.5) is 0 Å². The van der Waals surface area contributed by atoms with Gasteiger partial charge in [0.1, 0.15) is 6.10 Å². The van der Waals surface area contributed by atoms with Crippen molar-refractivity contribution in [1.82, 2.24) is 0 Å². The molecule has 4 nitrogen and oxygen atoms in total. The van der Waals surface area contributed by atoms with Crippen molar-refractivity contribution >= 4 is 12.4 Å². The number of halogens is 1. The normalized spacial score (nSPS) is 34.1. The van der Waals surface area contributed by atoms with Crippen molar-refractivity contribution in [2.75, 3.05) is 6.61 Å². The number of hydrogen-bond donors (Lipinski definition) is 1. The van der Waals surface area contributed by atoms with Gasteiger partial charge in [-0.15, -0.1) is 12.4 Å². The molecule has 2 aliphatic heterocycles. The molecule has 4 atom stereocenters. The number of rotatable bonds is 3. The fourth-order valence-electron chi connectivity index (χ4n) is 2.34. The van der Waals surface area contributed by atoms with Crippen molar-refractivity contribution in [3.05, 3.63) is 35.9 Å². The molecule has 2 aliphatic rings. The maximum absolute atomic E-state index is 5.95. The third-order valence-corrected chi connectivity index (χ3v) is 3.31. The summed E-state index contributed by atoms with van der Waals surface area (Å²) in [5.74, 6) is 0. The Bertz CT molecular complexity index is 376. The smallest absolute Gasteiger partial charge is 0.173 e. The molecule has 18 heavy (non-hydrogen) atoms. The topological polar surface area (TPSA) is 53.7 Å².